The summed E-state index contributed by atoms with van der Waals surface area (Å²) in [6.45, 7) is 2.06. The molecule has 0 atom stereocenters. The summed E-state index contributed by atoms with van der Waals surface area (Å²) in [5.41, 5.74) is 3.10. The molecule has 0 unspecified atom stereocenters. The first-order valence-electron chi connectivity index (χ1n) is 6.66. The first kappa shape index (κ1) is 13.8. The molecule has 0 radical (unpaired) electrons. The summed E-state index contributed by atoms with van der Waals surface area (Å²) >= 11 is 1.53. The summed E-state index contributed by atoms with van der Waals surface area (Å²) in [5.74, 6) is 1.72. The van der Waals surface area contributed by atoms with Crippen molar-refractivity contribution in [1.29, 1.82) is 0 Å². The van der Waals surface area contributed by atoms with Gasteiger partial charge in [0.15, 0.2) is 0 Å². The third-order valence-electron chi connectivity index (χ3n) is 3.14. The molecule has 1 heterocycles. The van der Waals surface area contributed by atoms with E-state index in [0.717, 1.165) is 21.9 Å². The molecule has 3 aromatic rings. The van der Waals surface area contributed by atoms with E-state index >= 15 is 0 Å². The number of phenols is 1. The van der Waals surface area contributed by atoms with Gasteiger partial charge >= 0.3 is 0 Å². The first-order valence-corrected chi connectivity index (χ1v) is 7.64. The fraction of sp³-hybridized carbons (Fsp3) is 0.118. The van der Waals surface area contributed by atoms with E-state index in [2.05, 4.69) is 24.2 Å². The second kappa shape index (κ2) is 6.06. The third kappa shape index (κ3) is 3.28. The van der Waals surface area contributed by atoms with Crippen molar-refractivity contribution in [2.45, 2.75) is 17.6 Å². The zero-order valence-corrected chi connectivity index (χ0v) is 12.4. The van der Waals surface area contributed by atoms with Crippen LogP contribution >= 0.6 is 11.8 Å². The normalized spacial score (nSPS) is 10.7. The molecule has 0 saturated heterocycles. The van der Waals surface area contributed by atoms with Crippen LogP contribution in [-0.2, 0) is 5.75 Å². The molecule has 0 fully saturated rings. The summed E-state index contributed by atoms with van der Waals surface area (Å²) in [6.07, 6.45) is 0. The maximum atomic E-state index is 9.73. The smallest absolute Gasteiger partial charge is 0.147 e. The molecule has 1 N–H and O–H groups in total. The largest absolute Gasteiger partial charge is 0.507 e. The van der Waals surface area contributed by atoms with E-state index in [9.17, 15) is 5.11 Å². The minimum Gasteiger partial charge on any atom is -0.507 e. The summed E-state index contributed by atoms with van der Waals surface area (Å²) < 4.78 is 5.36. The number of para-hydroxylation sites is 1. The van der Waals surface area contributed by atoms with Crippen LogP contribution in [0.1, 0.15) is 11.3 Å². The van der Waals surface area contributed by atoms with Crippen molar-refractivity contribution in [3.63, 3.8) is 0 Å². The maximum absolute atomic E-state index is 9.73. The number of rotatable bonds is 4. The standard InChI is InChI=1S/C17H15NO2S/c1-12-6-8-13(9-7-12)15-10-14(20-18-15)11-21-17-5-3-2-4-16(17)19/h2-10,19H,11H2,1H3. The Balaban J connectivity index is 1.71. The van der Waals surface area contributed by atoms with E-state index in [-0.39, 0.29) is 0 Å². The Hall–Kier alpha value is -2.20. The molecule has 0 aliphatic heterocycles. The van der Waals surface area contributed by atoms with Crippen LogP contribution in [0.15, 0.2) is 64.0 Å². The molecule has 0 aliphatic carbocycles. The number of hydrogen-bond acceptors (Lipinski definition) is 4. The molecule has 21 heavy (non-hydrogen) atoms. The van der Waals surface area contributed by atoms with E-state index in [4.69, 9.17) is 4.52 Å². The van der Waals surface area contributed by atoms with Gasteiger partial charge in [0.1, 0.15) is 17.2 Å². The minimum absolute atomic E-state index is 0.292. The lowest BCUT2D eigenvalue weighted by Gasteiger charge is -2.01. The highest BCUT2D eigenvalue weighted by Gasteiger charge is 2.08. The number of phenolic OH excluding ortho intramolecular Hbond substituents is 1. The van der Waals surface area contributed by atoms with Gasteiger partial charge in [0, 0.05) is 16.5 Å². The van der Waals surface area contributed by atoms with Crippen molar-refractivity contribution >= 4 is 11.8 Å². The van der Waals surface area contributed by atoms with E-state index in [1.807, 2.05) is 36.4 Å². The summed E-state index contributed by atoms with van der Waals surface area (Å²) in [4.78, 5) is 0.839. The fourth-order valence-electron chi connectivity index (χ4n) is 1.97. The number of thioether (sulfide) groups is 1. The van der Waals surface area contributed by atoms with Crippen LogP contribution in [-0.4, -0.2) is 10.3 Å². The average molecular weight is 297 g/mol. The monoisotopic (exact) mass is 297 g/mol. The van der Waals surface area contributed by atoms with Crippen LogP contribution in [0.4, 0.5) is 0 Å². The molecule has 1 aromatic heterocycles. The van der Waals surface area contributed by atoms with E-state index in [1.165, 1.54) is 17.3 Å². The average Bonchev–Trinajstić information content (AvgIpc) is 2.96. The Morgan fingerprint density at radius 2 is 1.86 bits per heavy atom. The number of nitrogens with zero attached hydrogens (tertiary/aromatic N) is 1. The van der Waals surface area contributed by atoms with Crippen LogP contribution in [0, 0.1) is 6.92 Å². The summed E-state index contributed by atoms with van der Waals surface area (Å²) in [5, 5.41) is 13.8. The number of hydrogen-bond donors (Lipinski definition) is 1. The van der Waals surface area contributed by atoms with Gasteiger partial charge in [-0.2, -0.15) is 0 Å². The topological polar surface area (TPSA) is 46.3 Å². The van der Waals surface area contributed by atoms with Crippen LogP contribution in [0.5, 0.6) is 5.75 Å². The van der Waals surface area contributed by atoms with E-state index < -0.39 is 0 Å². The number of benzene rings is 2. The lowest BCUT2D eigenvalue weighted by atomic mass is 10.1. The van der Waals surface area contributed by atoms with E-state index in [0.29, 0.717) is 11.5 Å². The van der Waals surface area contributed by atoms with E-state index in [1.54, 1.807) is 6.07 Å². The number of aryl methyl sites for hydroxylation is 1. The lowest BCUT2D eigenvalue weighted by molar-refractivity contribution is 0.397. The summed E-state index contributed by atoms with van der Waals surface area (Å²) in [6, 6.07) is 17.4. The Morgan fingerprint density at radius 1 is 1.10 bits per heavy atom. The lowest BCUT2D eigenvalue weighted by Crippen LogP contribution is -1.78. The fourth-order valence-corrected chi connectivity index (χ4v) is 2.79. The second-order valence-electron chi connectivity index (χ2n) is 4.80. The van der Waals surface area contributed by atoms with Gasteiger partial charge in [-0.05, 0) is 19.1 Å². The van der Waals surface area contributed by atoms with Crippen LogP contribution in [0.2, 0.25) is 0 Å². The second-order valence-corrected chi connectivity index (χ2v) is 5.82. The highest BCUT2D eigenvalue weighted by molar-refractivity contribution is 7.98. The highest BCUT2D eigenvalue weighted by Crippen LogP contribution is 2.31. The van der Waals surface area contributed by atoms with Crippen molar-refractivity contribution < 1.29 is 9.63 Å². The molecular weight excluding hydrogens is 282 g/mol. The summed E-state index contributed by atoms with van der Waals surface area (Å²) in [7, 11) is 0. The predicted octanol–water partition coefficient (Wildman–Crippen LogP) is 4.65. The highest BCUT2D eigenvalue weighted by atomic mass is 32.2. The Kier molecular flexibility index (Phi) is 3.97. The predicted molar refractivity (Wildman–Crippen MR) is 84.3 cm³/mol. The molecular formula is C17H15NO2S. The molecule has 2 aromatic carbocycles. The van der Waals surface area contributed by atoms with Crippen molar-refractivity contribution in [3.8, 4) is 17.0 Å². The minimum atomic E-state index is 0.292. The van der Waals surface area contributed by atoms with Crippen molar-refractivity contribution in [1.82, 2.24) is 5.16 Å². The SMILES string of the molecule is Cc1ccc(-c2cc(CSc3ccccc3O)on2)cc1. The molecule has 3 nitrogen and oxygen atoms in total. The molecule has 0 saturated carbocycles. The molecule has 3 rings (SSSR count). The molecule has 0 amide bonds. The molecule has 0 bridgehead atoms. The van der Waals surface area contributed by atoms with Crippen LogP contribution in [0.3, 0.4) is 0 Å². The van der Waals surface area contributed by atoms with Gasteiger partial charge in [0.2, 0.25) is 0 Å². The zero-order valence-electron chi connectivity index (χ0n) is 11.6. The van der Waals surface area contributed by atoms with Gasteiger partial charge in [-0.1, -0.05) is 47.1 Å². The maximum Gasteiger partial charge on any atom is 0.147 e. The quantitative estimate of drug-likeness (QED) is 0.712. The molecule has 4 heteroatoms. The first-order chi connectivity index (χ1) is 10.2. The van der Waals surface area contributed by atoms with Gasteiger partial charge in [-0.15, -0.1) is 11.8 Å². The Morgan fingerprint density at radius 3 is 2.62 bits per heavy atom. The Labute approximate surface area is 127 Å². The molecule has 0 spiro atoms. The number of aromatic hydroxyl groups is 1. The van der Waals surface area contributed by atoms with Gasteiger partial charge in [-0.3, -0.25) is 0 Å². The Bertz CT molecular complexity index is 735. The molecule has 0 aliphatic rings. The van der Waals surface area contributed by atoms with Crippen molar-refractivity contribution in [2.75, 3.05) is 0 Å². The molecule has 106 valence electrons. The van der Waals surface area contributed by atoms with Gasteiger partial charge < -0.3 is 9.63 Å². The van der Waals surface area contributed by atoms with Crippen molar-refractivity contribution in [3.05, 3.63) is 65.9 Å². The van der Waals surface area contributed by atoms with Crippen molar-refractivity contribution in [2.24, 2.45) is 0 Å². The van der Waals surface area contributed by atoms with Gasteiger partial charge in [0.25, 0.3) is 0 Å². The zero-order chi connectivity index (χ0) is 14.7. The van der Waals surface area contributed by atoms with Crippen LogP contribution < -0.4 is 0 Å². The van der Waals surface area contributed by atoms with Crippen LogP contribution in [0.25, 0.3) is 11.3 Å². The van der Waals surface area contributed by atoms with Gasteiger partial charge in [-0.25, -0.2) is 0 Å². The third-order valence-corrected chi connectivity index (χ3v) is 4.23. The van der Waals surface area contributed by atoms with Gasteiger partial charge in [0.05, 0.1) is 5.75 Å². The number of aromatic nitrogens is 1.